The van der Waals surface area contributed by atoms with E-state index in [4.69, 9.17) is 5.73 Å². The number of benzene rings is 1. The van der Waals surface area contributed by atoms with Gasteiger partial charge in [-0.05, 0) is 30.5 Å². The molecule has 0 saturated heterocycles. The van der Waals surface area contributed by atoms with E-state index in [0.717, 1.165) is 24.2 Å². The molecule has 10 heteroatoms. The summed E-state index contributed by atoms with van der Waals surface area (Å²) in [7, 11) is 0. The Morgan fingerprint density at radius 3 is 2.52 bits per heavy atom. The number of carbonyl (C=O) groups excluding carboxylic acids is 1. The molecule has 1 amide bonds. The van der Waals surface area contributed by atoms with Gasteiger partial charge in [-0.15, -0.1) is 23.4 Å². The van der Waals surface area contributed by atoms with Crippen molar-refractivity contribution in [2.75, 3.05) is 0 Å². The summed E-state index contributed by atoms with van der Waals surface area (Å²) in [5.41, 5.74) is 6.08. The highest BCUT2D eigenvalue weighted by molar-refractivity contribution is 7.98. The molecule has 1 aromatic carbocycles. The summed E-state index contributed by atoms with van der Waals surface area (Å²) in [6.45, 7) is 0.0134. The minimum Gasteiger partial charge on any atom is -0.406 e. The van der Waals surface area contributed by atoms with E-state index in [9.17, 15) is 18.0 Å². The molecule has 0 bridgehead atoms. The highest BCUT2D eigenvalue weighted by Crippen LogP contribution is 2.40. The number of carbonyl (C=O) groups is 1. The van der Waals surface area contributed by atoms with E-state index in [1.807, 2.05) is 0 Å². The van der Waals surface area contributed by atoms with Crippen molar-refractivity contribution >= 4 is 17.7 Å². The third-order valence-electron chi connectivity index (χ3n) is 3.53. The first-order valence-corrected chi connectivity index (χ1v) is 8.49. The minimum absolute atomic E-state index is 0.0134. The van der Waals surface area contributed by atoms with Crippen molar-refractivity contribution in [3.8, 4) is 5.75 Å². The number of ether oxygens (including phenoxy) is 1. The molecule has 25 heavy (non-hydrogen) atoms. The quantitative estimate of drug-likeness (QED) is 0.756. The Morgan fingerprint density at radius 2 is 1.96 bits per heavy atom. The van der Waals surface area contributed by atoms with Gasteiger partial charge >= 0.3 is 6.36 Å². The average molecular weight is 372 g/mol. The number of hydrogen-bond donors (Lipinski definition) is 1. The fourth-order valence-corrected chi connectivity index (χ4v) is 3.19. The molecule has 1 heterocycles. The zero-order chi connectivity index (χ0) is 18.0. The molecule has 0 unspecified atom stereocenters. The van der Waals surface area contributed by atoms with Gasteiger partial charge in [-0.3, -0.25) is 9.36 Å². The molecule has 2 aromatic rings. The number of amides is 1. The first-order valence-electron chi connectivity index (χ1n) is 7.51. The lowest BCUT2D eigenvalue weighted by atomic mass is 10.2. The molecule has 2 N–H and O–H groups in total. The van der Waals surface area contributed by atoms with Gasteiger partial charge in [0.2, 0.25) is 5.91 Å². The summed E-state index contributed by atoms with van der Waals surface area (Å²) < 4.78 is 42.0. The summed E-state index contributed by atoms with van der Waals surface area (Å²) >= 11 is 1.35. The van der Waals surface area contributed by atoms with E-state index < -0.39 is 12.3 Å². The molecular weight excluding hydrogens is 357 g/mol. The third-order valence-corrected chi connectivity index (χ3v) is 4.56. The second kappa shape index (κ2) is 6.95. The normalized spacial score (nSPS) is 14.5. The van der Waals surface area contributed by atoms with Crippen molar-refractivity contribution in [1.82, 2.24) is 14.8 Å². The van der Waals surface area contributed by atoms with Crippen LogP contribution in [0.5, 0.6) is 5.75 Å². The van der Waals surface area contributed by atoms with Crippen LogP contribution in [0.1, 0.15) is 30.1 Å². The van der Waals surface area contributed by atoms with Crippen molar-refractivity contribution in [3.63, 3.8) is 0 Å². The minimum atomic E-state index is -4.71. The maximum Gasteiger partial charge on any atom is 0.573 e. The summed E-state index contributed by atoms with van der Waals surface area (Å²) in [5, 5.41) is 8.81. The smallest absolute Gasteiger partial charge is 0.406 e. The zero-order valence-electron chi connectivity index (χ0n) is 13.0. The number of alkyl halides is 3. The van der Waals surface area contributed by atoms with E-state index in [1.54, 1.807) is 16.7 Å². The predicted octanol–water partition coefficient (Wildman–Crippen LogP) is 2.83. The van der Waals surface area contributed by atoms with Crippen LogP contribution in [0, 0.1) is 0 Å². The largest absolute Gasteiger partial charge is 0.573 e. The van der Waals surface area contributed by atoms with Crippen molar-refractivity contribution in [2.24, 2.45) is 5.73 Å². The van der Waals surface area contributed by atoms with Crippen LogP contribution in [0.2, 0.25) is 0 Å². The number of halogens is 3. The lowest BCUT2D eigenvalue weighted by Gasteiger charge is -2.09. The van der Waals surface area contributed by atoms with Gasteiger partial charge in [0.05, 0.1) is 0 Å². The number of hydrogen-bond acceptors (Lipinski definition) is 5. The molecule has 1 aromatic heterocycles. The van der Waals surface area contributed by atoms with Crippen LogP contribution < -0.4 is 10.5 Å². The van der Waals surface area contributed by atoms with Crippen molar-refractivity contribution < 1.29 is 22.7 Å². The molecule has 0 radical (unpaired) electrons. The summed E-state index contributed by atoms with van der Waals surface area (Å²) in [5.74, 6) is 0.801. The van der Waals surface area contributed by atoms with Crippen molar-refractivity contribution in [3.05, 3.63) is 35.7 Å². The SMILES string of the molecule is NC(=O)Cn1c(SCc2ccc(OC(F)(F)F)cc2)nnc1C1CC1. The van der Waals surface area contributed by atoms with Crippen LogP contribution in [0.3, 0.4) is 0 Å². The molecule has 3 rings (SSSR count). The number of nitrogens with two attached hydrogens (primary N) is 1. The van der Waals surface area contributed by atoms with E-state index in [0.29, 0.717) is 16.8 Å². The molecule has 1 aliphatic rings. The van der Waals surface area contributed by atoms with Gasteiger partial charge in [0.1, 0.15) is 18.1 Å². The van der Waals surface area contributed by atoms with Gasteiger partial charge < -0.3 is 10.5 Å². The second-order valence-electron chi connectivity index (χ2n) is 5.65. The Bertz CT molecular complexity index is 757. The van der Waals surface area contributed by atoms with Gasteiger partial charge in [-0.2, -0.15) is 0 Å². The summed E-state index contributed by atoms with van der Waals surface area (Å²) in [6, 6.07) is 5.61. The van der Waals surface area contributed by atoms with Gasteiger partial charge in [-0.25, -0.2) is 0 Å². The van der Waals surface area contributed by atoms with Crippen molar-refractivity contribution in [2.45, 2.75) is 42.6 Å². The Kier molecular flexibility index (Phi) is 4.89. The zero-order valence-corrected chi connectivity index (χ0v) is 13.8. The lowest BCUT2D eigenvalue weighted by molar-refractivity contribution is -0.274. The molecule has 6 nitrogen and oxygen atoms in total. The van der Waals surface area contributed by atoms with E-state index in [-0.39, 0.29) is 12.3 Å². The summed E-state index contributed by atoms with van der Waals surface area (Å²) in [6.07, 6.45) is -2.68. The monoisotopic (exact) mass is 372 g/mol. The van der Waals surface area contributed by atoms with Crippen LogP contribution in [0.15, 0.2) is 29.4 Å². The maximum atomic E-state index is 12.2. The number of nitrogens with zero attached hydrogens (tertiary/aromatic N) is 3. The van der Waals surface area contributed by atoms with Crippen molar-refractivity contribution in [1.29, 1.82) is 0 Å². The topological polar surface area (TPSA) is 83.0 Å². The fraction of sp³-hybridized carbons (Fsp3) is 0.400. The Morgan fingerprint density at radius 1 is 1.28 bits per heavy atom. The Hall–Kier alpha value is -2.23. The molecule has 1 saturated carbocycles. The number of thioether (sulfide) groups is 1. The van der Waals surface area contributed by atoms with E-state index >= 15 is 0 Å². The molecule has 0 spiro atoms. The van der Waals surface area contributed by atoms with Crippen LogP contribution in [0.25, 0.3) is 0 Å². The number of rotatable bonds is 7. The second-order valence-corrected chi connectivity index (χ2v) is 6.59. The van der Waals surface area contributed by atoms with E-state index in [1.165, 1.54) is 23.9 Å². The summed E-state index contributed by atoms with van der Waals surface area (Å²) in [4.78, 5) is 11.3. The third kappa shape index (κ3) is 4.88. The van der Waals surface area contributed by atoms with Gasteiger partial charge in [0.15, 0.2) is 5.16 Å². The molecule has 1 fully saturated rings. The average Bonchev–Trinajstić information content (AvgIpc) is 3.28. The highest BCUT2D eigenvalue weighted by atomic mass is 32.2. The number of aromatic nitrogens is 3. The maximum absolute atomic E-state index is 12.2. The van der Waals surface area contributed by atoms with Crippen LogP contribution in [-0.4, -0.2) is 27.0 Å². The van der Waals surface area contributed by atoms with Crippen LogP contribution in [-0.2, 0) is 17.1 Å². The van der Waals surface area contributed by atoms with Crippen LogP contribution in [0.4, 0.5) is 13.2 Å². The van der Waals surface area contributed by atoms with Crippen LogP contribution >= 0.6 is 11.8 Å². The molecular formula is C15H15F3N4O2S. The number of primary amides is 1. The predicted molar refractivity (Wildman–Crippen MR) is 83.9 cm³/mol. The molecule has 1 aliphatic carbocycles. The fourth-order valence-electron chi connectivity index (χ4n) is 2.29. The first kappa shape index (κ1) is 17.6. The molecule has 134 valence electrons. The first-order chi connectivity index (χ1) is 11.8. The molecule has 0 atom stereocenters. The Balaban J connectivity index is 1.66. The van der Waals surface area contributed by atoms with E-state index in [2.05, 4.69) is 14.9 Å². The van der Waals surface area contributed by atoms with Gasteiger partial charge in [0.25, 0.3) is 0 Å². The standard InChI is InChI=1S/C15H15F3N4O2S/c16-15(17,18)24-11-5-1-9(2-6-11)8-25-14-21-20-13(10-3-4-10)22(14)7-12(19)23/h1-2,5-6,10H,3-4,7-8H2,(H2,19,23). The van der Waals surface area contributed by atoms with Gasteiger partial charge in [0, 0.05) is 11.7 Å². The molecule has 0 aliphatic heterocycles. The Labute approximate surface area is 145 Å². The lowest BCUT2D eigenvalue weighted by Crippen LogP contribution is -2.20. The van der Waals surface area contributed by atoms with Gasteiger partial charge in [-0.1, -0.05) is 23.9 Å². The highest BCUT2D eigenvalue weighted by Gasteiger charge is 2.31.